The molecule has 112 valence electrons. The molecule has 0 radical (unpaired) electrons. The predicted octanol–water partition coefficient (Wildman–Crippen LogP) is 2.31. The summed E-state index contributed by atoms with van der Waals surface area (Å²) in [6, 6.07) is 1.78. The first-order valence-corrected chi connectivity index (χ1v) is 7.67. The third-order valence-electron chi connectivity index (χ3n) is 3.30. The highest BCUT2D eigenvalue weighted by Crippen LogP contribution is 2.35. The van der Waals surface area contributed by atoms with Crippen molar-refractivity contribution in [3.63, 3.8) is 0 Å². The van der Waals surface area contributed by atoms with E-state index in [1.807, 2.05) is 0 Å². The average Bonchev–Trinajstić information content (AvgIpc) is 2.67. The standard InChI is InChI=1S/C12H12F4O3S/c13-10-4-8(3-9(5-10)12(14,15)16)11(17)7-1-2-20(18,19)6-7/h3-5,7,11,17H,1-2,6H2. The Morgan fingerprint density at radius 1 is 1.25 bits per heavy atom. The monoisotopic (exact) mass is 312 g/mol. The minimum absolute atomic E-state index is 0.115. The maximum atomic E-state index is 13.2. The van der Waals surface area contributed by atoms with Crippen LogP contribution in [0.25, 0.3) is 0 Å². The molecule has 0 saturated carbocycles. The van der Waals surface area contributed by atoms with E-state index in [1.54, 1.807) is 0 Å². The van der Waals surface area contributed by atoms with Crippen molar-refractivity contribution >= 4 is 9.84 Å². The molecule has 0 aliphatic carbocycles. The molecule has 1 aliphatic rings. The zero-order valence-corrected chi connectivity index (χ0v) is 11.0. The molecule has 2 atom stereocenters. The minimum Gasteiger partial charge on any atom is -0.388 e. The van der Waals surface area contributed by atoms with E-state index in [0.717, 1.165) is 6.07 Å². The van der Waals surface area contributed by atoms with Gasteiger partial charge in [0.1, 0.15) is 5.82 Å². The molecule has 20 heavy (non-hydrogen) atoms. The van der Waals surface area contributed by atoms with E-state index in [0.29, 0.717) is 12.1 Å². The highest BCUT2D eigenvalue weighted by Gasteiger charge is 2.36. The lowest BCUT2D eigenvalue weighted by molar-refractivity contribution is -0.137. The van der Waals surface area contributed by atoms with Crippen LogP contribution in [-0.4, -0.2) is 25.0 Å². The van der Waals surface area contributed by atoms with Gasteiger partial charge in [0, 0.05) is 5.92 Å². The fourth-order valence-corrected chi connectivity index (χ4v) is 4.12. The minimum atomic E-state index is -4.72. The van der Waals surface area contributed by atoms with Gasteiger partial charge < -0.3 is 5.11 Å². The molecule has 0 spiro atoms. The first kappa shape index (κ1) is 15.2. The lowest BCUT2D eigenvalue weighted by Crippen LogP contribution is -2.16. The van der Waals surface area contributed by atoms with Crippen molar-refractivity contribution in [2.45, 2.75) is 18.7 Å². The Morgan fingerprint density at radius 2 is 1.90 bits per heavy atom. The summed E-state index contributed by atoms with van der Waals surface area (Å²) < 4.78 is 73.5. The second-order valence-corrected chi connectivity index (χ2v) is 7.11. The summed E-state index contributed by atoms with van der Waals surface area (Å²) in [4.78, 5) is 0. The van der Waals surface area contributed by atoms with Gasteiger partial charge in [0.2, 0.25) is 0 Å². The summed E-state index contributed by atoms with van der Waals surface area (Å²) >= 11 is 0. The highest BCUT2D eigenvalue weighted by atomic mass is 32.2. The van der Waals surface area contributed by atoms with Crippen LogP contribution in [-0.2, 0) is 16.0 Å². The van der Waals surface area contributed by atoms with E-state index in [1.165, 1.54) is 0 Å². The van der Waals surface area contributed by atoms with Crippen LogP contribution in [0.5, 0.6) is 0 Å². The molecule has 8 heteroatoms. The molecule has 1 aromatic rings. The molecule has 1 fully saturated rings. The molecular weight excluding hydrogens is 300 g/mol. The molecule has 1 aliphatic heterocycles. The number of rotatable bonds is 2. The Balaban J connectivity index is 2.31. The molecule has 1 heterocycles. The highest BCUT2D eigenvalue weighted by molar-refractivity contribution is 7.91. The van der Waals surface area contributed by atoms with Crippen molar-refractivity contribution in [1.82, 2.24) is 0 Å². The Bertz CT molecular complexity index is 610. The van der Waals surface area contributed by atoms with Gasteiger partial charge in [-0.1, -0.05) is 0 Å². The number of hydrogen-bond donors (Lipinski definition) is 1. The van der Waals surface area contributed by atoms with Gasteiger partial charge >= 0.3 is 6.18 Å². The maximum Gasteiger partial charge on any atom is 0.416 e. The Kier molecular flexibility index (Phi) is 3.81. The first-order valence-electron chi connectivity index (χ1n) is 5.85. The zero-order valence-electron chi connectivity index (χ0n) is 10.2. The topological polar surface area (TPSA) is 54.4 Å². The second-order valence-electron chi connectivity index (χ2n) is 4.88. The zero-order chi connectivity index (χ0) is 15.1. The van der Waals surface area contributed by atoms with Crippen molar-refractivity contribution < 1.29 is 31.1 Å². The summed E-state index contributed by atoms with van der Waals surface area (Å²) in [5.74, 6) is -2.24. The molecule has 1 aromatic carbocycles. The normalized spacial score (nSPS) is 23.8. The third-order valence-corrected chi connectivity index (χ3v) is 5.10. The summed E-state index contributed by atoms with van der Waals surface area (Å²) in [5, 5.41) is 9.97. The van der Waals surface area contributed by atoms with Gasteiger partial charge in [-0.15, -0.1) is 0 Å². The SMILES string of the molecule is O=S1(=O)CCC(C(O)c2cc(F)cc(C(F)(F)F)c2)C1. The van der Waals surface area contributed by atoms with E-state index < -0.39 is 39.4 Å². The number of aliphatic hydroxyl groups is 1. The second kappa shape index (κ2) is 5.00. The van der Waals surface area contributed by atoms with Crippen LogP contribution in [0, 0.1) is 11.7 Å². The Morgan fingerprint density at radius 3 is 2.40 bits per heavy atom. The number of benzene rings is 1. The van der Waals surface area contributed by atoms with E-state index in [-0.39, 0.29) is 23.5 Å². The predicted molar refractivity (Wildman–Crippen MR) is 63.1 cm³/mol. The van der Waals surface area contributed by atoms with Crippen molar-refractivity contribution in [1.29, 1.82) is 0 Å². The Hall–Kier alpha value is -1.15. The van der Waals surface area contributed by atoms with E-state index in [9.17, 15) is 31.1 Å². The van der Waals surface area contributed by atoms with Gasteiger partial charge in [0.25, 0.3) is 0 Å². The van der Waals surface area contributed by atoms with Crippen molar-refractivity contribution in [3.8, 4) is 0 Å². The van der Waals surface area contributed by atoms with Gasteiger partial charge in [0.05, 0.1) is 23.2 Å². The molecular formula is C12H12F4O3S. The average molecular weight is 312 g/mol. The van der Waals surface area contributed by atoms with Crippen LogP contribution in [0.15, 0.2) is 18.2 Å². The maximum absolute atomic E-state index is 13.2. The summed E-state index contributed by atoms with van der Waals surface area (Å²) in [7, 11) is -3.27. The molecule has 3 nitrogen and oxygen atoms in total. The summed E-state index contributed by atoms with van der Waals surface area (Å²) in [6.07, 6.45) is -6.00. The van der Waals surface area contributed by atoms with Crippen molar-refractivity contribution in [2.24, 2.45) is 5.92 Å². The van der Waals surface area contributed by atoms with Crippen LogP contribution in [0.4, 0.5) is 17.6 Å². The van der Waals surface area contributed by atoms with Gasteiger partial charge in [-0.25, -0.2) is 12.8 Å². The third kappa shape index (κ3) is 3.29. The summed E-state index contributed by atoms with van der Waals surface area (Å²) in [5.41, 5.74) is -1.45. The molecule has 1 N–H and O–H groups in total. The van der Waals surface area contributed by atoms with Gasteiger partial charge in [-0.2, -0.15) is 13.2 Å². The van der Waals surface area contributed by atoms with Crippen LogP contribution < -0.4 is 0 Å². The molecule has 0 bridgehead atoms. The van der Waals surface area contributed by atoms with E-state index in [4.69, 9.17) is 0 Å². The summed E-state index contributed by atoms with van der Waals surface area (Å²) in [6.45, 7) is 0. The van der Waals surface area contributed by atoms with Gasteiger partial charge in [-0.05, 0) is 30.2 Å². The van der Waals surface area contributed by atoms with E-state index >= 15 is 0 Å². The lowest BCUT2D eigenvalue weighted by atomic mass is 9.94. The van der Waals surface area contributed by atoms with Crippen molar-refractivity contribution in [2.75, 3.05) is 11.5 Å². The van der Waals surface area contributed by atoms with Crippen LogP contribution >= 0.6 is 0 Å². The quantitative estimate of drug-likeness (QED) is 0.853. The van der Waals surface area contributed by atoms with Crippen molar-refractivity contribution in [3.05, 3.63) is 35.1 Å². The lowest BCUT2D eigenvalue weighted by Gasteiger charge is -2.18. The molecule has 2 rings (SSSR count). The van der Waals surface area contributed by atoms with Gasteiger partial charge in [-0.3, -0.25) is 0 Å². The van der Waals surface area contributed by atoms with Crippen LogP contribution in [0.2, 0.25) is 0 Å². The smallest absolute Gasteiger partial charge is 0.388 e. The van der Waals surface area contributed by atoms with E-state index in [2.05, 4.69) is 0 Å². The molecule has 0 aromatic heterocycles. The number of sulfone groups is 1. The Labute approximate surface area is 113 Å². The first-order chi connectivity index (χ1) is 9.08. The number of alkyl halides is 3. The fourth-order valence-electron chi connectivity index (χ4n) is 2.29. The van der Waals surface area contributed by atoms with Crippen LogP contribution in [0.1, 0.15) is 23.7 Å². The number of halogens is 4. The largest absolute Gasteiger partial charge is 0.416 e. The number of aliphatic hydroxyl groups excluding tert-OH is 1. The van der Waals surface area contributed by atoms with Gasteiger partial charge in [0.15, 0.2) is 9.84 Å². The molecule has 2 unspecified atom stereocenters. The number of hydrogen-bond acceptors (Lipinski definition) is 3. The van der Waals surface area contributed by atoms with Crippen LogP contribution in [0.3, 0.4) is 0 Å². The molecule has 1 saturated heterocycles. The molecule has 0 amide bonds. The fraction of sp³-hybridized carbons (Fsp3) is 0.500.